The zero-order chi connectivity index (χ0) is 33.5. The zero-order valence-electron chi connectivity index (χ0n) is 28.6. The minimum absolute atomic E-state index is 0.0746. The van der Waals surface area contributed by atoms with E-state index in [2.05, 4.69) is 31.9 Å². The molecule has 3 saturated heterocycles. The number of aliphatic hydroxyl groups excluding tert-OH is 1. The quantitative estimate of drug-likeness (QED) is 0.166. The first-order chi connectivity index (χ1) is 22.2. The largest absolute Gasteiger partial charge is 0.396 e. The molecule has 46 heavy (non-hydrogen) atoms. The molecule has 5 atom stereocenters. The van der Waals surface area contributed by atoms with Gasteiger partial charge in [-0.05, 0) is 76.6 Å². The smallest absolute Gasteiger partial charge is 0.253 e. The van der Waals surface area contributed by atoms with Crippen LogP contribution in [0.1, 0.15) is 79.1 Å². The van der Waals surface area contributed by atoms with Crippen molar-refractivity contribution in [1.82, 2.24) is 9.80 Å². The number of carbonyl (C=O) groups is 3. The summed E-state index contributed by atoms with van der Waals surface area (Å²) in [7, 11) is 0. The van der Waals surface area contributed by atoms with Gasteiger partial charge in [-0.25, -0.2) is 0 Å². The van der Waals surface area contributed by atoms with E-state index in [1.807, 2.05) is 38.1 Å². The fourth-order valence-electron chi connectivity index (χ4n) is 8.31. The van der Waals surface area contributed by atoms with Gasteiger partial charge in [-0.2, -0.15) is 0 Å². The van der Waals surface area contributed by atoms with Crippen LogP contribution in [0.15, 0.2) is 49.6 Å². The molecular weight excluding hydrogens is 580 g/mol. The van der Waals surface area contributed by atoms with Gasteiger partial charge in [-0.3, -0.25) is 14.4 Å². The van der Waals surface area contributed by atoms with Gasteiger partial charge in [0.1, 0.15) is 11.6 Å². The zero-order valence-corrected chi connectivity index (χ0v) is 28.6. The Morgan fingerprint density at radius 1 is 0.957 bits per heavy atom. The SMILES string of the molecule is C=CCN(CCC)C(=O)[C@@H]1[C@H]2C(=O)N(CCCCCCO)C(C(=O)N(CC=C)c3ccc(N(CC)CC)cc3)C23CC[C@@]1(CC)O3. The number of aliphatic hydroxyl groups is 1. The van der Waals surface area contributed by atoms with Crippen molar-refractivity contribution in [3.05, 3.63) is 49.6 Å². The van der Waals surface area contributed by atoms with E-state index in [0.29, 0.717) is 51.7 Å². The van der Waals surface area contributed by atoms with Gasteiger partial charge in [-0.1, -0.05) is 38.8 Å². The molecule has 1 spiro atoms. The van der Waals surface area contributed by atoms with Crippen molar-refractivity contribution in [3.8, 4) is 0 Å². The number of unbranched alkanes of at least 4 members (excludes halogenated alkanes) is 3. The standard InChI is InChI=1S/C37H56N4O5/c1-7-23-39(24-8-2)33(43)30-31-34(44)41(26-15-13-14-16-27-42)32(37(31)22-21-36(30,10-4)46-37)35(45)40(25-9-3)29-19-17-28(18-20-29)38(11-5)12-6/h7,9,17-20,30-32,42H,1,3,8,10-16,21-27H2,2,4-6H3/t30-,31-,32?,36+,37?/m0/s1. The van der Waals surface area contributed by atoms with Crippen molar-refractivity contribution < 1.29 is 24.2 Å². The van der Waals surface area contributed by atoms with Gasteiger partial charge in [0.25, 0.3) is 5.91 Å². The minimum Gasteiger partial charge on any atom is -0.396 e. The van der Waals surface area contributed by atoms with Crippen molar-refractivity contribution >= 4 is 29.1 Å². The number of rotatable bonds is 19. The molecule has 3 heterocycles. The Kier molecular flexibility index (Phi) is 12.1. The summed E-state index contributed by atoms with van der Waals surface area (Å²) in [5, 5.41) is 9.27. The van der Waals surface area contributed by atoms with Crippen LogP contribution >= 0.6 is 0 Å². The maximum Gasteiger partial charge on any atom is 0.253 e. The third kappa shape index (κ3) is 6.37. The second kappa shape index (κ2) is 15.6. The molecule has 3 amide bonds. The number of carbonyl (C=O) groups excluding carboxylic acids is 3. The predicted molar refractivity (Wildman–Crippen MR) is 184 cm³/mol. The van der Waals surface area contributed by atoms with E-state index in [1.54, 1.807) is 26.9 Å². The topological polar surface area (TPSA) is 93.6 Å². The van der Waals surface area contributed by atoms with Gasteiger partial charge in [0.2, 0.25) is 11.8 Å². The summed E-state index contributed by atoms with van der Waals surface area (Å²) in [5.41, 5.74) is -0.0478. The van der Waals surface area contributed by atoms with Crippen LogP contribution in [0.4, 0.5) is 11.4 Å². The molecule has 1 aromatic rings. The van der Waals surface area contributed by atoms with Crippen LogP contribution in [0.25, 0.3) is 0 Å². The lowest BCUT2D eigenvalue weighted by Gasteiger charge is -2.37. The highest BCUT2D eigenvalue weighted by atomic mass is 16.5. The Bertz CT molecular complexity index is 1230. The molecule has 4 rings (SSSR count). The Hall–Kier alpha value is -3.17. The molecule has 2 unspecified atom stereocenters. The molecule has 254 valence electrons. The number of hydrogen-bond donors (Lipinski definition) is 1. The normalized spacial score (nSPS) is 26.2. The molecule has 1 aromatic carbocycles. The number of anilines is 2. The third-order valence-corrected chi connectivity index (χ3v) is 10.5. The third-order valence-electron chi connectivity index (χ3n) is 10.5. The van der Waals surface area contributed by atoms with Crippen LogP contribution in [0, 0.1) is 11.8 Å². The molecule has 3 aliphatic heterocycles. The average molecular weight is 637 g/mol. The Balaban J connectivity index is 1.76. The summed E-state index contributed by atoms with van der Waals surface area (Å²) in [6, 6.07) is 7.14. The molecule has 0 radical (unpaired) electrons. The number of nitrogens with zero attached hydrogens (tertiary/aromatic N) is 4. The molecule has 3 fully saturated rings. The van der Waals surface area contributed by atoms with Gasteiger partial charge >= 0.3 is 0 Å². The maximum absolute atomic E-state index is 14.9. The van der Waals surface area contributed by atoms with Gasteiger partial charge < -0.3 is 29.4 Å². The summed E-state index contributed by atoms with van der Waals surface area (Å²) in [4.78, 5) is 51.5. The summed E-state index contributed by atoms with van der Waals surface area (Å²) in [6.45, 7) is 19.7. The Labute approximate surface area is 276 Å². The van der Waals surface area contributed by atoms with Crippen molar-refractivity contribution in [1.29, 1.82) is 0 Å². The van der Waals surface area contributed by atoms with E-state index >= 15 is 0 Å². The summed E-state index contributed by atoms with van der Waals surface area (Å²) in [6.07, 6.45) is 9.09. The molecule has 9 nitrogen and oxygen atoms in total. The highest BCUT2D eigenvalue weighted by molar-refractivity contribution is 6.05. The first-order valence-electron chi connectivity index (χ1n) is 17.5. The molecule has 9 heteroatoms. The second-order valence-corrected chi connectivity index (χ2v) is 13.0. The van der Waals surface area contributed by atoms with Gasteiger partial charge in [0, 0.05) is 57.3 Å². The van der Waals surface area contributed by atoms with Crippen molar-refractivity contribution in [2.45, 2.75) is 96.3 Å². The van der Waals surface area contributed by atoms with Crippen LogP contribution in [0.2, 0.25) is 0 Å². The lowest BCUT2D eigenvalue weighted by Crippen LogP contribution is -2.56. The van der Waals surface area contributed by atoms with Crippen LogP contribution in [0.3, 0.4) is 0 Å². The van der Waals surface area contributed by atoms with Crippen LogP contribution in [0.5, 0.6) is 0 Å². The van der Waals surface area contributed by atoms with Crippen LogP contribution in [-0.2, 0) is 19.1 Å². The van der Waals surface area contributed by atoms with E-state index in [4.69, 9.17) is 4.74 Å². The van der Waals surface area contributed by atoms with E-state index in [1.165, 1.54) is 0 Å². The highest BCUT2D eigenvalue weighted by Crippen LogP contribution is 2.64. The lowest BCUT2D eigenvalue weighted by atomic mass is 9.64. The first kappa shape index (κ1) is 35.7. The molecular formula is C37H56N4O5. The van der Waals surface area contributed by atoms with E-state index < -0.39 is 29.1 Å². The highest BCUT2D eigenvalue weighted by Gasteiger charge is 2.79. The number of benzene rings is 1. The molecule has 3 aliphatic rings. The molecule has 0 aromatic heterocycles. The van der Waals surface area contributed by atoms with Crippen molar-refractivity contribution in [2.24, 2.45) is 11.8 Å². The van der Waals surface area contributed by atoms with Gasteiger partial charge in [-0.15, -0.1) is 13.2 Å². The second-order valence-electron chi connectivity index (χ2n) is 13.0. The predicted octanol–water partition coefficient (Wildman–Crippen LogP) is 5.18. The molecule has 1 N–H and O–H groups in total. The maximum atomic E-state index is 14.9. The number of amides is 3. The summed E-state index contributed by atoms with van der Waals surface area (Å²) in [5.74, 6) is -1.80. The van der Waals surface area contributed by atoms with Crippen molar-refractivity contribution in [2.75, 3.05) is 55.7 Å². The number of likely N-dealkylation sites (tertiary alicyclic amines) is 1. The fraction of sp³-hybridized carbons (Fsp3) is 0.649. The lowest BCUT2D eigenvalue weighted by molar-refractivity contribution is -0.151. The Morgan fingerprint density at radius 3 is 2.20 bits per heavy atom. The average Bonchev–Trinajstić information content (AvgIpc) is 3.67. The number of hydrogen-bond acceptors (Lipinski definition) is 6. The Morgan fingerprint density at radius 2 is 1.61 bits per heavy atom. The molecule has 0 aliphatic carbocycles. The monoisotopic (exact) mass is 636 g/mol. The molecule has 2 bridgehead atoms. The van der Waals surface area contributed by atoms with Crippen LogP contribution in [-0.4, -0.2) is 95.7 Å². The molecule has 0 saturated carbocycles. The van der Waals surface area contributed by atoms with Crippen LogP contribution < -0.4 is 9.80 Å². The van der Waals surface area contributed by atoms with E-state index in [-0.39, 0.29) is 30.9 Å². The number of ether oxygens (including phenoxy) is 1. The van der Waals surface area contributed by atoms with Gasteiger partial charge in [0.15, 0.2) is 0 Å². The van der Waals surface area contributed by atoms with E-state index in [0.717, 1.165) is 43.7 Å². The minimum atomic E-state index is -1.08. The van der Waals surface area contributed by atoms with E-state index in [9.17, 15) is 19.5 Å². The first-order valence-corrected chi connectivity index (χ1v) is 17.5. The summed E-state index contributed by atoms with van der Waals surface area (Å²) >= 11 is 0. The summed E-state index contributed by atoms with van der Waals surface area (Å²) < 4.78 is 7.04. The van der Waals surface area contributed by atoms with Gasteiger partial charge in [0.05, 0.1) is 17.4 Å². The fourth-order valence-corrected chi connectivity index (χ4v) is 8.31. The number of fused-ring (bicyclic) bond motifs is 1. The van der Waals surface area contributed by atoms with Crippen molar-refractivity contribution in [3.63, 3.8) is 0 Å².